The van der Waals surface area contributed by atoms with Crippen molar-refractivity contribution in [3.63, 3.8) is 0 Å². The van der Waals surface area contributed by atoms with Gasteiger partial charge in [-0.2, -0.15) is 0 Å². The first kappa shape index (κ1) is 48.4. The van der Waals surface area contributed by atoms with E-state index in [4.69, 9.17) is 27.3 Å². The van der Waals surface area contributed by atoms with Crippen LogP contribution in [0.15, 0.2) is 91.0 Å². The number of hydrogen-bond acceptors (Lipinski definition) is 13. The van der Waals surface area contributed by atoms with Crippen molar-refractivity contribution in [1.82, 2.24) is 0 Å². The molecule has 3 aromatic rings. The third-order valence-electron chi connectivity index (χ3n) is 10.4. The van der Waals surface area contributed by atoms with Gasteiger partial charge in [0.05, 0.1) is 44.6 Å². The van der Waals surface area contributed by atoms with Gasteiger partial charge in [-0.3, -0.25) is 13.2 Å². The minimum atomic E-state index is -5.59. The van der Waals surface area contributed by atoms with Crippen molar-refractivity contribution in [2.45, 2.75) is 147 Å². The van der Waals surface area contributed by atoms with Crippen molar-refractivity contribution in [2.75, 3.05) is 6.61 Å². The molecule has 0 unspecified atom stereocenters. The predicted octanol–water partition coefficient (Wildman–Crippen LogP) is 8.09. The summed E-state index contributed by atoms with van der Waals surface area (Å²) in [5.41, 5.74) is 1.98. The number of unbranched alkanes of at least 4 members (excludes halogenated alkanes) is 12. The van der Waals surface area contributed by atoms with Gasteiger partial charge < -0.3 is 28.1 Å². The Morgan fingerprint density at radius 2 is 0.831 bits per heavy atom. The molecule has 0 heterocycles. The van der Waals surface area contributed by atoms with E-state index in [1.54, 1.807) is 84.9 Å². The maximum absolute atomic E-state index is 13.3. The van der Waals surface area contributed by atoms with Crippen LogP contribution >= 0.6 is 0 Å². The van der Waals surface area contributed by atoms with Gasteiger partial charge in [0.15, 0.2) is 0 Å². The molecule has 1 fully saturated rings. The standard InChI is InChI=1S/C44H62O13S2/c1-2-3-4-5-6-7-8-9-10-11-12-13-23-30-39(45)52-34-38-40(53-31-35-24-17-14-18-25-35)42(55-33-37-28-21-16-22-29-37)44(57-59(49,50)51)43(56-58(46,47)48)41(38)54-32-36-26-19-15-20-27-36/h14-22,24-29,38,40-44H,2-13,23,30-34H2,1H3,(H,46,47,48)(H,49,50,51)/p-2/t38-,40+,41+,42+,43-,44-/m1/s1. The fourth-order valence-electron chi connectivity index (χ4n) is 7.39. The fraction of sp³-hybridized carbons (Fsp3) is 0.568. The Hall–Kier alpha value is -3.25. The van der Waals surface area contributed by atoms with Gasteiger partial charge in [0.2, 0.25) is 20.8 Å². The van der Waals surface area contributed by atoms with Gasteiger partial charge in [-0.25, -0.2) is 16.8 Å². The average Bonchev–Trinajstić information content (AvgIpc) is 3.21. The summed E-state index contributed by atoms with van der Waals surface area (Å²) in [6.07, 6.45) is 6.57. The predicted molar refractivity (Wildman–Crippen MR) is 219 cm³/mol. The Morgan fingerprint density at radius 1 is 0.492 bits per heavy atom. The lowest BCUT2D eigenvalue weighted by molar-refractivity contribution is -0.243. The summed E-state index contributed by atoms with van der Waals surface area (Å²) in [7, 11) is -11.2. The van der Waals surface area contributed by atoms with Crippen LogP contribution in [-0.4, -0.2) is 69.0 Å². The van der Waals surface area contributed by atoms with Gasteiger partial charge in [0.25, 0.3) is 0 Å². The zero-order chi connectivity index (χ0) is 42.4. The summed E-state index contributed by atoms with van der Waals surface area (Å²) in [5, 5.41) is 0. The molecule has 1 aliphatic rings. The highest BCUT2D eigenvalue weighted by atomic mass is 32.3. The zero-order valence-electron chi connectivity index (χ0n) is 34.0. The van der Waals surface area contributed by atoms with Crippen molar-refractivity contribution >= 4 is 26.8 Å². The Bertz CT molecular complexity index is 1810. The van der Waals surface area contributed by atoms with Crippen molar-refractivity contribution in [3.05, 3.63) is 108 Å². The summed E-state index contributed by atoms with van der Waals surface area (Å²) in [6, 6.07) is 26.5. The molecule has 0 aromatic heterocycles. The number of carbonyl (C=O) groups excluding carboxylic acids is 1. The molecule has 0 amide bonds. The van der Waals surface area contributed by atoms with Gasteiger partial charge in [-0.1, -0.05) is 175 Å². The first-order valence-corrected chi connectivity index (χ1v) is 23.5. The van der Waals surface area contributed by atoms with Crippen LogP contribution in [0.3, 0.4) is 0 Å². The van der Waals surface area contributed by atoms with E-state index in [9.17, 15) is 30.7 Å². The lowest BCUT2D eigenvalue weighted by Crippen LogP contribution is -2.66. The zero-order valence-corrected chi connectivity index (χ0v) is 35.6. The van der Waals surface area contributed by atoms with Crippen LogP contribution in [0.4, 0.5) is 0 Å². The summed E-state index contributed by atoms with van der Waals surface area (Å²) < 4.78 is 109. The van der Waals surface area contributed by atoms with Gasteiger partial charge in [-0.15, -0.1) is 0 Å². The van der Waals surface area contributed by atoms with E-state index in [1.165, 1.54) is 51.4 Å². The Morgan fingerprint density at radius 3 is 1.22 bits per heavy atom. The van der Waals surface area contributed by atoms with Gasteiger partial charge in [0, 0.05) is 6.42 Å². The molecule has 59 heavy (non-hydrogen) atoms. The van der Waals surface area contributed by atoms with Crippen LogP contribution in [0.2, 0.25) is 0 Å². The lowest BCUT2D eigenvalue weighted by Gasteiger charge is -2.49. The van der Waals surface area contributed by atoms with E-state index in [0.717, 1.165) is 25.7 Å². The van der Waals surface area contributed by atoms with Crippen LogP contribution in [0.5, 0.6) is 0 Å². The number of rotatable bonds is 29. The number of esters is 1. The topological polar surface area (TPSA) is 187 Å². The second-order valence-corrected chi connectivity index (χ2v) is 17.1. The van der Waals surface area contributed by atoms with Gasteiger partial charge >= 0.3 is 5.97 Å². The third kappa shape index (κ3) is 18.9. The molecule has 0 radical (unpaired) electrons. The Labute approximate surface area is 351 Å². The highest BCUT2D eigenvalue weighted by Gasteiger charge is 2.56. The molecule has 1 saturated carbocycles. The molecule has 0 bridgehead atoms. The van der Waals surface area contributed by atoms with E-state index in [2.05, 4.69) is 6.92 Å². The lowest BCUT2D eigenvalue weighted by atomic mass is 9.78. The van der Waals surface area contributed by atoms with E-state index < -0.39 is 69.8 Å². The van der Waals surface area contributed by atoms with Crippen LogP contribution in [0, 0.1) is 5.92 Å². The normalized spacial score (nSPS) is 21.0. The Balaban J connectivity index is 1.55. The molecule has 0 saturated heterocycles. The van der Waals surface area contributed by atoms with Crippen LogP contribution in [0.25, 0.3) is 0 Å². The molecule has 15 heteroatoms. The number of carbonyl (C=O) groups is 1. The van der Waals surface area contributed by atoms with Gasteiger partial charge in [-0.05, 0) is 23.1 Å². The number of ether oxygens (including phenoxy) is 4. The molecular weight excluding hydrogens is 801 g/mol. The second kappa shape index (κ2) is 26.2. The summed E-state index contributed by atoms with van der Waals surface area (Å²) in [6.45, 7) is 1.39. The minimum Gasteiger partial charge on any atom is -0.726 e. The van der Waals surface area contributed by atoms with E-state index in [1.807, 2.05) is 6.07 Å². The quantitative estimate of drug-likeness (QED) is 0.0282. The monoisotopic (exact) mass is 860 g/mol. The maximum atomic E-state index is 13.3. The first-order chi connectivity index (χ1) is 28.4. The summed E-state index contributed by atoms with van der Waals surface area (Å²) >= 11 is 0. The SMILES string of the molecule is CCCCCCCCCCCCCCCC(=O)OC[C@@H]1[C@H](OCc2ccccc2)[C@H](OCc2ccccc2)[C@@H](OS(=O)(=O)[O-])[C@H](OS(=O)(=O)[O-])[C@H]1OCc1ccccc1. The highest BCUT2D eigenvalue weighted by Crippen LogP contribution is 2.39. The molecule has 6 atom stereocenters. The van der Waals surface area contributed by atoms with Crippen LogP contribution in [0.1, 0.15) is 114 Å². The van der Waals surface area contributed by atoms with Crippen molar-refractivity contribution in [1.29, 1.82) is 0 Å². The molecule has 3 aromatic carbocycles. The van der Waals surface area contributed by atoms with Crippen molar-refractivity contribution < 1.29 is 58.0 Å². The van der Waals surface area contributed by atoms with Crippen LogP contribution in [-0.2, 0) is 72.7 Å². The highest BCUT2D eigenvalue weighted by molar-refractivity contribution is 7.81. The molecule has 0 N–H and O–H groups in total. The molecule has 0 aliphatic heterocycles. The minimum absolute atomic E-state index is 0.0618. The van der Waals surface area contributed by atoms with E-state index in [-0.39, 0.29) is 26.2 Å². The second-order valence-electron chi connectivity index (χ2n) is 15.1. The van der Waals surface area contributed by atoms with E-state index in [0.29, 0.717) is 23.1 Å². The van der Waals surface area contributed by atoms with Crippen molar-refractivity contribution in [2.24, 2.45) is 5.92 Å². The summed E-state index contributed by atoms with van der Waals surface area (Å²) in [5.74, 6) is -1.65. The average molecular weight is 861 g/mol. The molecule has 328 valence electrons. The molecule has 4 rings (SSSR count). The number of hydrogen-bond donors (Lipinski definition) is 0. The van der Waals surface area contributed by atoms with Crippen molar-refractivity contribution in [3.8, 4) is 0 Å². The molecule has 13 nitrogen and oxygen atoms in total. The largest absolute Gasteiger partial charge is 0.726 e. The Kier molecular flexibility index (Phi) is 21.5. The molecule has 0 spiro atoms. The first-order valence-electron chi connectivity index (χ1n) is 20.8. The smallest absolute Gasteiger partial charge is 0.305 e. The summed E-state index contributed by atoms with van der Waals surface area (Å²) in [4.78, 5) is 13.3. The van der Waals surface area contributed by atoms with Crippen LogP contribution < -0.4 is 0 Å². The molecular formula is C44H60O13S2-2. The van der Waals surface area contributed by atoms with E-state index >= 15 is 0 Å². The van der Waals surface area contributed by atoms with Gasteiger partial charge in [0.1, 0.15) is 18.3 Å². The maximum Gasteiger partial charge on any atom is 0.305 e. The fourth-order valence-corrected chi connectivity index (χ4v) is 8.37. The molecule has 1 aliphatic carbocycles. The third-order valence-corrected chi connectivity index (χ3v) is 11.3. The number of benzene rings is 3.